The van der Waals surface area contributed by atoms with Crippen LogP contribution >= 0.6 is 0 Å². The van der Waals surface area contributed by atoms with Crippen molar-refractivity contribution < 1.29 is 28.6 Å². The molecular weight excluding hydrogens is 552 g/mol. The third-order valence-electron chi connectivity index (χ3n) is 11.2. The van der Waals surface area contributed by atoms with E-state index in [9.17, 15) is 14.4 Å². The number of rotatable bonds is 9. The lowest BCUT2D eigenvalue weighted by Gasteiger charge is -2.60. The summed E-state index contributed by atoms with van der Waals surface area (Å²) in [7, 11) is 0. The molecule has 3 saturated carbocycles. The Kier molecular flexibility index (Phi) is 9.20. The van der Waals surface area contributed by atoms with Crippen molar-refractivity contribution in [3.63, 3.8) is 0 Å². The predicted octanol–water partition coefficient (Wildman–Crippen LogP) is 7.76. The van der Waals surface area contributed by atoms with Crippen molar-refractivity contribution in [3.8, 4) is 5.75 Å². The number of benzene rings is 2. The summed E-state index contributed by atoms with van der Waals surface area (Å²) in [5.41, 5.74) is 1.01. The molecule has 2 bridgehead atoms. The maximum atomic E-state index is 13.5. The van der Waals surface area contributed by atoms with E-state index < -0.39 is 30.1 Å². The standard InChI is InChI=1S/C38H46O6/c1-6-36(4)22-27(3)38-19-17-26(2)37(5,35(38)31(39)18-20-38)32(23-36)44-34(41)25-43-33(40)16-15-28-13-10-14-30(21-28)42-24-29-11-8-7-9-12-29/h6-16,21,26-27,32,35H,1,17-20,22-25H2,2-5H3/b16-15+/t26-,27+,32-,35+,36+,37+,38+/m1/s1. The van der Waals surface area contributed by atoms with E-state index in [0.29, 0.717) is 36.9 Å². The van der Waals surface area contributed by atoms with Gasteiger partial charge >= 0.3 is 11.9 Å². The highest BCUT2D eigenvalue weighted by Gasteiger charge is 2.66. The molecule has 2 aromatic rings. The number of Topliss-reactive ketones (excluding diaryl/α,β-unsaturated/α-hetero) is 1. The number of hydrogen-bond donors (Lipinski definition) is 0. The number of ketones is 1. The summed E-state index contributed by atoms with van der Waals surface area (Å²) in [6, 6.07) is 17.3. The lowest BCUT2D eigenvalue weighted by Crippen LogP contribution is -2.60. The Balaban J connectivity index is 1.23. The van der Waals surface area contributed by atoms with E-state index in [0.717, 1.165) is 36.8 Å². The van der Waals surface area contributed by atoms with E-state index in [4.69, 9.17) is 14.2 Å². The molecule has 3 fully saturated rings. The highest BCUT2D eigenvalue weighted by Crippen LogP contribution is 2.68. The van der Waals surface area contributed by atoms with Crippen molar-refractivity contribution in [1.29, 1.82) is 0 Å². The first-order valence-corrected chi connectivity index (χ1v) is 16.0. The van der Waals surface area contributed by atoms with Crippen molar-refractivity contribution >= 4 is 23.8 Å². The first kappa shape index (κ1) is 31.7. The minimum Gasteiger partial charge on any atom is -0.489 e. The van der Waals surface area contributed by atoms with Gasteiger partial charge in [-0.05, 0) is 84.1 Å². The molecule has 0 heterocycles. The molecule has 5 rings (SSSR count). The molecule has 234 valence electrons. The Labute approximate surface area is 261 Å². The molecule has 3 aliphatic carbocycles. The molecule has 6 heteroatoms. The van der Waals surface area contributed by atoms with E-state index in [-0.39, 0.29) is 22.7 Å². The highest BCUT2D eigenvalue weighted by atomic mass is 16.6. The third-order valence-corrected chi connectivity index (χ3v) is 11.2. The van der Waals surface area contributed by atoms with Crippen LogP contribution in [0.25, 0.3) is 6.08 Å². The molecule has 2 aromatic carbocycles. The fourth-order valence-corrected chi connectivity index (χ4v) is 8.51. The van der Waals surface area contributed by atoms with E-state index in [1.165, 1.54) is 6.08 Å². The molecule has 0 aromatic heterocycles. The Hall–Kier alpha value is -3.67. The fraction of sp³-hybridized carbons (Fsp3) is 0.500. The molecular formula is C38H46O6. The summed E-state index contributed by atoms with van der Waals surface area (Å²) < 4.78 is 17.4. The van der Waals surface area contributed by atoms with E-state index in [1.54, 1.807) is 6.08 Å². The first-order valence-electron chi connectivity index (χ1n) is 16.0. The van der Waals surface area contributed by atoms with Crippen molar-refractivity contribution in [2.45, 2.75) is 78.9 Å². The van der Waals surface area contributed by atoms with Crippen LogP contribution < -0.4 is 4.74 Å². The highest BCUT2D eigenvalue weighted by molar-refractivity contribution is 5.88. The minimum absolute atomic E-state index is 0.0746. The topological polar surface area (TPSA) is 78.9 Å². The third kappa shape index (κ3) is 6.27. The van der Waals surface area contributed by atoms with Gasteiger partial charge in [0.15, 0.2) is 6.61 Å². The number of ether oxygens (including phenoxy) is 3. The predicted molar refractivity (Wildman–Crippen MR) is 170 cm³/mol. The lowest BCUT2D eigenvalue weighted by molar-refractivity contribution is -0.195. The van der Waals surface area contributed by atoms with Crippen molar-refractivity contribution in [2.75, 3.05) is 6.61 Å². The zero-order valence-electron chi connectivity index (χ0n) is 26.6. The summed E-state index contributed by atoms with van der Waals surface area (Å²) in [6.07, 6.45) is 9.45. The zero-order chi connectivity index (χ0) is 31.5. The van der Waals surface area contributed by atoms with Crippen LogP contribution in [-0.2, 0) is 30.5 Å². The minimum atomic E-state index is -0.637. The summed E-state index contributed by atoms with van der Waals surface area (Å²) in [5, 5.41) is 0. The average molecular weight is 599 g/mol. The van der Waals surface area contributed by atoms with Gasteiger partial charge in [0.1, 0.15) is 24.2 Å². The molecule has 6 nitrogen and oxygen atoms in total. The normalized spacial score (nSPS) is 33.1. The van der Waals surface area contributed by atoms with Crippen LogP contribution in [0.5, 0.6) is 5.75 Å². The van der Waals surface area contributed by atoms with Gasteiger partial charge in [-0.25, -0.2) is 9.59 Å². The van der Waals surface area contributed by atoms with Crippen molar-refractivity contribution in [1.82, 2.24) is 0 Å². The Morgan fingerprint density at radius 2 is 1.77 bits per heavy atom. The second-order valence-corrected chi connectivity index (χ2v) is 13.9. The van der Waals surface area contributed by atoms with Gasteiger partial charge in [0.05, 0.1) is 0 Å². The largest absolute Gasteiger partial charge is 0.489 e. The van der Waals surface area contributed by atoms with Crippen LogP contribution in [0.3, 0.4) is 0 Å². The Bertz CT molecular complexity index is 1410. The lowest BCUT2D eigenvalue weighted by atomic mass is 9.44. The molecule has 44 heavy (non-hydrogen) atoms. The molecule has 0 aliphatic heterocycles. The van der Waals surface area contributed by atoms with E-state index in [1.807, 2.05) is 60.7 Å². The van der Waals surface area contributed by atoms with Crippen LogP contribution in [0.1, 0.15) is 77.3 Å². The van der Waals surface area contributed by atoms with Crippen LogP contribution in [0.2, 0.25) is 0 Å². The molecule has 0 radical (unpaired) electrons. The van der Waals surface area contributed by atoms with Crippen LogP contribution in [0.4, 0.5) is 0 Å². The number of allylic oxidation sites excluding steroid dienone is 1. The van der Waals surface area contributed by atoms with Crippen LogP contribution in [0.15, 0.2) is 73.3 Å². The van der Waals surface area contributed by atoms with Crippen LogP contribution in [-0.4, -0.2) is 30.4 Å². The number of carbonyl (C=O) groups is 3. The smallest absolute Gasteiger partial charge is 0.344 e. The van der Waals surface area contributed by atoms with Crippen molar-refractivity contribution in [2.24, 2.45) is 34.0 Å². The van der Waals surface area contributed by atoms with Gasteiger partial charge < -0.3 is 14.2 Å². The molecule has 0 amide bonds. The maximum Gasteiger partial charge on any atom is 0.344 e. The van der Waals surface area contributed by atoms with Gasteiger partial charge in [0.25, 0.3) is 0 Å². The van der Waals surface area contributed by atoms with Gasteiger partial charge in [-0.2, -0.15) is 0 Å². The zero-order valence-corrected chi connectivity index (χ0v) is 26.6. The number of esters is 2. The van der Waals surface area contributed by atoms with Gasteiger partial charge in [0.2, 0.25) is 0 Å². The SMILES string of the molecule is C=C[C@@]1(C)C[C@H](C)[C@]23CCC(=O)[C@H]2[C@@](C)([C@H](C)CC3)[C@H](OC(=O)COC(=O)/C=C/c2cccc(OCc3ccccc3)c2)C1. The number of carbonyl (C=O) groups excluding carboxylic acids is 3. The fourth-order valence-electron chi connectivity index (χ4n) is 8.51. The quantitative estimate of drug-likeness (QED) is 0.167. The maximum absolute atomic E-state index is 13.5. The average Bonchev–Trinajstić information content (AvgIpc) is 3.38. The van der Waals surface area contributed by atoms with E-state index >= 15 is 0 Å². The summed E-state index contributed by atoms with van der Waals surface area (Å²) >= 11 is 0. The van der Waals surface area contributed by atoms with Gasteiger partial charge in [-0.15, -0.1) is 6.58 Å². The molecule has 0 spiro atoms. The molecule has 7 atom stereocenters. The first-order chi connectivity index (χ1) is 21.0. The summed E-state index contributed by atoms with van der Waals surface area (Å²) in [4.78, 5) is 39.3. The van der Waals surface area contributed by atoms with Crippen LogP contribution in [0, 0.1) is 34.0 Å². The van der Waals surface area contributed by atoms with Crippen molar-refractivity contribution in [3.05, 3.63) is 84.5 Å². The molecule has 0 unspecified atom stereocenters. The second kappa shape index (κ2) is 12.7. The molecule has 3 aliphatic rings. The number of hydrogen-bond acceptors (Lipinski definition) is 6. The molecule has 0 N–H and O–H groups in total. The van der Waals surface area contributed by atoms with E-state index in [2.05, 4.69) is 34.3 Å². The molecule has 0 saturated heterocycles. The Morgan fingerprint density at radius 1 is 1.00 bits per heavy atom. The monoisotopic (exact) mass is 598 g/mol. The summed E-state index contributed by atoms with van der Waals surface area (Å²) in [6.45, 7) is 12.9. The summed E-state index contributed by atoms with van der Waals surface area (Å²) in [5.74, 6) is 0.194. The van der Waals surface area contributed by atoms with Gasteiger partial charge in [-0.1, -0.05) is 76.2 Å². The van der Waals surface area contributed by atoms with Gasteiger partial charge in [0, 0.05) is 23.8 Å². The Morgan fingerprint density at radius 3 is 2.52 bits per heavy atom. The van der Waals surface area contributed by atoms with Gasteiger partial charge in [-0.3, -0.25) is 4.79 Å². The second-order valence-electron chi connectivity index (χ2n) is 13.9.